The van der Waals surface area contributed by atoms with Crippen molar-refractivity contribution in [2.75, 3.05) is 31.1 Å². The largest absolute Gasteiger partial charge is 0.416 e. The lowest BCUT2D eigenvalue weighted by molar-refractivity contribution is -0.384. The van der Waals surface area contributed by atoms with E-state index in [1.807, 2.05) is 18.2 Å². The van der Waals surface area contributed by atoms with E-state index in [2.05, 4.69) is 0 Å². The molecular weight excluding hydrogens is 463 g/mol. The van der Waals surface area contributed by atoms with Gasteiger partial charge in [0.1, 0.15) is 5.69 Å². The number of likely N-dealkylation sites (tertiary alicyclic amines) is 1. The number of hydrogen-bond acceptors (Lipinski definition) is 5. The van der Waals surface area contributed by atoms with Crippen LogP contribution in [0, 0.1) is 22.0 Å². The second kappa shape index (κ2) is 10.1. The SMILES string of the molecule is O=C(c1ccccc1)C1CCN(C(=O)C2CCN(c3ccc(C(F)(F)F)cc3[N+](=O)[O-])CC2)CC1. The molecular formula is C25H26F3N3O4. The number of ketones is 1. The average Bonchev–Trinajstić information content (AvgIpc) is 2.87. The van der Waals surface area contributed by atoms with Crippen molar-refractivity contribution in [2.24, 2.45) is 11.8 Å². The van der Waals surface area contributed by atoms with E-state index in [1.54, 1.807) is 21.9 Å². The van der Waals surface area contributed by atoms with Gasteiger partial charge in [-0.1, -0.05) is 30.3 Å². The number of hydrogen-bond donors (Lipinski definition) is 0. The fourth-order valence-corrected chi connectivity index (χ4v) is 4.94. The van der Waals surface area contributed by atoms with Gasteiger partial charge in [-0.05, 0) is 37.8 Å². The van der Waals surface area contributed by atoms with Crippen LogP contribution in [0.25, 0.3) is 0 Å². The number of carbonyl (C=O) groups excluding carboxylic acids is 2. The maximum absolute atomic E-state index is 13.1. The van der Waals surface area contributed by atoms with Crippen LogP contribution in [-0.2, 0) is 11.0 Å². The van der Waals surface area contributed by atoms with Gasteiger partial charge in [0.05, 0.1) is 10.5 Å². The van der Waals surface area contributed by atoms with Crippen LogP contribution >= 0.6 is 0 Å². The molecule has 0 spiro atoms. The molecule has 0 atom stereocenters. The predicted octanol–water partition coefficient (Wildman–Crippen LogP) is 4.95. The fourth-order valence-electron chi connectivity index (χ4n) is 4.94. The number of benzene rings is 2. The molecule has 7 nitrogen and oxygen atoms in total. The molecule has 2 aromatic rings. The summed E-state index contributed by atoms with van der Waals surface area (Å²) in [6, 6.07) is 11.7. The molecule has 0 N–H and O–H groups in total. The van der Waals surface area contributed by atoms with E-state index in [0.29, 0.717) is 63.5 Å². The first-order valence-electron chi connectivity index (χ1n) is 11.6. The van der Waals surface area contributed by atoms with Crippen molar-refractivity contribution in [1.29, 1.82) is 0 Å². The van der Waals surface area contributed by atoms with Crippen LogP contribution in [0.4, 0.5) is 24.5 Å². The van der Waals surface area contributed by atoms with E-state index >= 15 is 0 Å². The second-order valence-corrected chi connectivity index (χ2v) is 9.05. The average molecular weight is 489 g/mol. The molecule has 2 aliphatic heterocycles. The molecule has 1 amide bonds. The van der Waals surface area contributed by atoms with Crippen LogP contribution in [-0.4, -0.2) is 47.7 Å². The van der Waals surface area contributed by atoms with Crippen molar-refractivity contribution in [3.05, 3.63) is 69.8 Å². The first-order valence-corrected chi connectivity index (χ1v) is 11.6. The van der Waals surface area contributed by atoms with Crippen molar-refractivity contribution < 1.29 is 27.7 Å². The van der Waals surface area contributed by atoms with Gasteiger partial charge in [0.2, 0.25) is 5.91 Å². The zero-order chi connectivity index (χ0) is 25.2. The van der Waals surface area contributed by atoms with Gasteiger partial charge >= 0.3 is 6.18 Å². The Balaban J connectivity index is 1.33. The molecule has 0 bridgehead atoms. The highest BCUT2D eigenvalue weighted by Crippen LogP contribution is 2.38. The minimum atomic E-state index is -4.66. The lowest BCUT2D eigenvalue weighted by Crippen LogP contribution is -2.46. The smallest absolute Gasteiger partial charge is 0.366 e. The number of nitro benzene ring substituents is 1. The third kappa shape index (κ3) is 5.47. The Morgan fingerprint density at radius 1 is 0.886 bits per heavy atom. The highest BCUT2D eigenvalue weighted by atomic mass is 19.4. The second-order valence-electron chi connectivity index (χ2n) is 9.05. The summed E-state index contributed by atoms with van der Waals surface area (Å²) in [4.78, 5) is 39.8. The Morgan fingerprint density at radius 3 is 2.06 bits per heavy atom. The molecule has 0 unspecified atom stereocenters. The Hall–Kier alpha value is -3.43. The Bertz CT molecular complexity index is 1090. The summed E-state index contributed by atoms with van der Waals surface area (Å²) in [6.07, 6.45) is -2.53. The van der Waals surface area contributed by atoms with Gasteiger partial charge in [-0.15, -0.1) is 0 Å². The Kier molecular flexibility index (Phi) is 7.09. The van der Waals surface area contributed by atoms with Crippen LogP contribution in [0.15, 0.2) is 48.5 Å². The molecule has 10 heteroatoms. The Labute approximate surface area is 200 Å². The molecule has 0 saturated carbocycles. The van der Waals surface area contributed by atoms with Crippen LogP contribution in [0.5, 0.6) is 0 Å². The van der Waals surface area contributed by atoms with Gasteiger partial charge in [0.15, 0.2) is 5.78 Å². The van der Waals surface area contributed by atoms with Crippen molar-refractivity contribution in [1.82, 2.24) is 4.90 Å². The van der Waals surface area contributed by atoms with E-state index in [0.717, 1.165) is 12.1 Å². The van der Waals surface area contributed by atoms with Crippen molar-refractivity contribution in [2.45, 2.75) is 31.9 Å². The molecule has 2 aliphatic rings. The fraction of sp³-hybridized carbons (Fsp3) is 0.440. The third-order valence-electron chi connectivity index (χ3n) is 6.92. The van der Waals surface area contributed by atoms with Gasteiger partial charge in [-0.25, -0.2) is 0 Å². The molecule has 2 fully saturated rings. The van der Waals surface area contributed by atoms with E-state index in [-0.39, 0.29) is 29.2 Å². The molecule has 0 aromatic heterocycles. The first-order chi connectivity index (χ1) is 16.6. The van der Waals surface area contributed by atoms with Crippen molar-refractivity contribution in [3.63, 3.8) is 0 Å². The van der Waals surface area contributed by atoms with Crippen LogP contribution in [0.2, 0.25) is 0 Å². The first kappa shape index (κ1) is 24.7. The number of carbonyl (C=O) groups is 2. The van der Waals surface area contributed by atoms with Gasteiger partial charge in [0.25, 0.3) is 5.69 Å². The maximum Gasteiger partial charge on any atom is 0.416 e. The number of halogens is 3. The molecule has 35 heavy (non-hydrogen) atoms. The quantitative estimate of drug-likeness (QED) is 0.337. The van der Waals surface area contributed by atoms with Crippen LogP contribution in [0.3, 0.4) is 0 Å². The molecule has 2 aromatic carbocycles. The molecule has 0 aliphatic carbocycles. The lowest BCUT2D eigenvalue weighted by Gasteiger charge is -2.37. The maximum atomic E-state index is 13.1. The minimum Gasteiger partial charge on any atom is -0.366 e. The summed E-state index contributed by atoms with van der Waals surface area (Å²) in [5, 5.41) is 11.4. The molecule has 0 radical (unpaired) electrons. The van der Waals surface area contributed by atoms with E-state index in [4.69, 9.17) is 0 Å². The molecule has 2 saturated heterocycles. The number of piperidine rings is 2. The molecule has 186 valence electrons. The number of amides is 1. The van der Waals surface area contributed by atoms with Gasteiger partial charge in [-0.3, -0.25) is 19.7 Å². The van der Waals surface area contributed by atoms with E-state index in [1.165, 1.54) is 0 Å². The number of alkyl halides is 3. The molecule has 2 heterocycles. The van der Waals surface area contributed by atoms with Gasteiger partial charge in [0, 0.05) is 49.6 Å². The number of nitro groups is 1. The highest BCUT2D eigenvalue weighted by molar-refractivity contribution is 5.98. The van der Waals surface area contributed by atoms with Crippen LogP contribution in [0.1, 0.15) is 41.6 Å². The standard InChI is InChI=1S/C25H26F3N3O4/c26-25(27,28)20-6-7-21(22(16-20)31(34)35)29-12-10-19(11-13-29)24(33)30-14-8-18(9-15-30)23(32)17-4-2-1-3-5-17/h1-7,16,18-19H,8-15H2. The summed E-state index contributed by atoms with van der Waals surface area (Å²) in [7, 11) is 0. The topological polar surface area (TPSA) is 83.8 Å². The van der Waals surface area contributed by atoms with Gasteiger partial charge in [-0.2, -0.15) is 13.2 Å². The van der Waals surface area contributed by atoms with E-state index in [9.17, 15) is 32.9 Å². The summed E-state index contributed by atoms with van der Waals surface area (Å²) in [5.41, 5.74) is -0.835. The van der Waals surface area contributed by atoms with Crippen molar-refractivity contribution in [3.8, 4) is 0 Å². The van der Waals surface area contributed by atoms with Gasteiger partial charge < -0.3 is 9.80 Å². The number of nitrogens with zero attached hydrogens (tertiary/aromatic N) is 3. The minimum absolute atomic E-state index is 0.0113. The zero-order valence-corrected chi connectivity index (χ0v) is 19.0. The molecule has 4 rings (SSSR count). The normalized spacial score (nSPS) is 17.9. The third-order valence-corrected chi connectivity index (χ3v) is 6.92. The summed E-state index contributed by atoms with van der Waals surface area (Å²) in [6.45, 7) is 1.69. The predicted molar refractivity (Wildman–Crippen MR) is 123 cm³/mol. The Morgan fingerprint density at radius 2 is 1.49 bits per heavy atom. The number of anilines is 1. The monoisotopic (exact) mass is 489 g/mol. The zero-order valence-electron chi connectivity index (χ0n) is 19.0. The van der Waals surface area contributed by atoms with Crippen molar-refractivity contribution >= 4 is 23.1 Å². The summed E-state index contributed by atoms with van der Waals surface area (Å²) < 4.78 is 38.9. The number of rotatable bonds is 5. The lowest BCUT2D eigenvalue weighted by atomic mass is 9.87. The van der Waals surface area contributed by atoms with Crippen LogP contribution < -0.4 is 4.90 Å². The summed E-state index contributed by atoms with van der Waals surface area (Å²) in [5.74, 6) is -0.244. The highest BCUT2D eigenvalue weighted by Gasteiger charge is 2.36. The van der Waals surface area contributed by atoms with E-state index < -0.39 is 22.4 Å². The number of Topliss-reactive ketones (excluding diaryl/α,β-unsaturated/α-hetero) is 1. The summed E-state index contributed by atoms with van der Waals surface area (Å²) >= 11 is 0.